The summed E-state index contributed by atoms with van der Waals surface area (Å²) in [5.41, 5.74) is 0.583. The van der Waals surface area contributed by atoms with Crippen LogP contribution in [0.2, 0.25) is 0 Å². The molecule has 1 aliphatic heterocycles. The number of sulfonamides is 1. The summed E-state index contributed by atoms with van der Waals surface area (Å²) in [5.74, 6) is -1.00. The summed E-state index contributed by atoms with van der Waals surface area (Å²) in [6.07, 6.45) is 2.37. The van der Waals surface area contributed by atoms with Crippen LogP contribution in [0.15, 0.2) is 89.8 Å². The lowest BCUT2D eigenvalue weighted by molar-refractivity contribution is -0.131. The van der Waals surface area contributed by atoms with Crippen molar-refractivity contribution < 1.29 is 27.9 Å². The molecular formula is C29H31N3O6S. The number of aliphatic hydroxyl groups is 1. The molecule has 3 aromatic rings. The van der Waals surface area contributed by atoms with Crippen LogP contribution in [0.3, 0.4) is 0 Å². The van der Waals surface area contributed by atoms with Crippen LogP contribution in [0.5, 0.6) is 0 Å². The Balaban J connectivity index is 1.45. The van der Waals surface area contributed by atoms with E-state index < -0.39 is 21.8 Å². The summed E-state index contributed by atoms with van der Waals surface area (Å²) in [4.78, 5) is 40.0. The lowest BCUT2D eigenvalue weighted by Gasteiger charge is -2.31. The fourth-order valence-electron chi connectivity index (χ4n) is 4.53. The van der Waals surface area contributed by atoms with Crippen LogP contribution in [-0.2, 0) is 14.8 Å². The maximum Gasteiger partial charge on any atom is 0.272 e. The number of nitrogens with one attached hydrogen (secondary N) is 1. The van der Waals surface area contributed by atoms with Crippen LogP contribution in [0, 0.1) is 5.92 Å². The van der Waals surface area contributed by atoms with Crippen LogP contribution >= 0.6 is 0 Å². The van der Waals surface area contributed by atoms with Crippen molar-refractivity contribution in [2.24, 2.45) is 5.92 Å². The van der Waals surface area contributed by atoms with E-state index in [9.17, 15) is 22.8 Å². The van der Waals surface area contributed by atoms with Crippen LogP contribution in [-0.4, -0.2) is 62.4 Å². The van der Waals surface area contributed by atoms with Crippen molar-refractivity contribution in [1.82, 2.24) is 10.2 Å². The van der Waals surface area contributed by atoms with Crippen molar-refractivity contribution in [3.05, 3.63) is 96.1 Å². The Kier molecular flexibility index (Phi) is 9.11. The molecule has 0 aromatic heterocycles. The second-order valence-electron chi connectivity index (χ2n) is 9.32. The number of para-hydroxylation sites is 1. The number of piperidine rings is 1. The lowest BCUT2D eigenvalue weighted by Crippen LogP contribution is -2.44. The van der Waals surface area contributed by atoms with Gasteiger partial charge in [-0.15, -0.1) is 0 Å². The highest BCUT2D eigenvalue weighted by Crippen LogP contribution is 2.26. The number of carbonyl (C=O) groups is 3. The number of amides is 3. The fourth-order valence-corrected chi connectivity index (χ4v) is 5.95. The Morgan fingerprint density at radius 3 is 2.03 bits per heavy atom. The minimum atomic E-state index is -4.32. The molecule has 204 valence electrons. The van der Waals surface area contributed by atoms with Gasteiger partial charge in [0.15, 0.2) is 0 Å². The molecule has 0 unspecified atom stereocenters. The molecule has 0 bridgehead atoms. The zero-order valence-electron chi connectivity index (χ0n) is 21.4. The predicted molar refractivity (Wildman–Crippen MR) is 147 cm³/mol. The van der Waals surface area contributed by atoms with Crippen molar-refractivity contribution in [2.45, 2.75) is 24.2 Å². The highest BCUT2D eigenvalue weighted by atomic mass is 32.2. The second kappa shape index (κ2) is 12.7. The van der Waals surface area contributed by atoms with Crippen molar-refractivity contribution in [3.63, 3.8) is 0 Å². The van der Waals surface area contributed by atoms with Crippen molar-refractivity contribution in [3.8, 4) is 0 Å². The van der Waals surface area contributed by atoms with Gasteiger partial charge < -0.3 is 15.3 Å². The molecule has 39 heavy (non-hydrogen) atoms. The molecule has 10 heteroatoms. The fraction of sp³-hybridized carbons (Fsp3) is 0.276. The van der Waals surface area contributed by atoms with Gasteiger partial charge in [-0.1, -0.05) is 36.4 Å². The monoisotopic (exact) mass is 549 g/mol. The van der Waals surface area contributed by atoms with E-state index in [0.717, 1.165) is 23.6 Å². The molecular weight excluding hydrogens is 518 g/mol. The van der Waals surface area contributed by atoms with Gasteiger partial charge in [0, 0.05) is 30.8 Å². The van der Waals surface area contributed by atoms with Crippen LogP contribution < -0.4 is 9.62 Å². The molecule has 0 radical (unpaired) electrons. The molecule has 4 rings (SSSR count). The zero-order valence-corrected chi connectivity index (χ0v) is 22.2. The van der Waals surface area contributed by atoms with Crippen molar-refractivity contribution in [2.75, 3.05) is 30.5 Å². The van der Waals surface area contributed by atoms with Gasteiger partial charge in [-0.2, -0.15) is 4.31 Å². The summed E-state index contributed by atoms with van der Waals surface area (Å²) in [5, 5.41) is 11.7. The van der Waals surface area contributed by atoms with E-state index in [1.807, 2.05) is 0 Å². The van der Waals surface area contributed by atoms with Gasteiger partial charge in [0.1, 0.15) is 0 Å². The van der Waals surface area contributed by atoms with Crippen LogP contribution in [0.25, 0.3) is 0 Å². The number of rotatable bonds is 9. The Morgan fingerprint density at radius 2 is 1.44 bits per heavy atom. The van der Waals surface area contributed by atoms with E-state index in [1.165, 1.54) is 36.4 Å². The third kappa shape index (κ3) is 6.71. The van der Waals surface area contributed by atoms with E-state index in [4.69, 9.17) is 5.11 Å². The third-order valence-electron chi connectivity index (χ3n) is 6.76. The zero-order chi connectivity index (χ0) is 27.8. The van der Waals surface area contributed by atoms with Gasteiger partial charge >= 0.3 is 0 Å². The average molecular weight is 550 g/mol. The number of likely N-dealkylation sites (tertiary alicyclic amines) is 1. The molecule has 3 aromatic carbocycles. The first-order chi connectivity index (χ1) is 18.8. The summed E-state index contributed by atoms with van der Waals surface area (Å²) in [6, 6.07) is 21.4. The topological polar surface area (TPSA) is 124 Å². The van der Waals surface area contributed by atoms with E-state index in [2.05, 4.69) is 5.32 Å². The number of anilines is 1. The van der Waals surface area contributed by atoms with Gasteiger partial charge in [-0.3, -0.25) is 14.4 Å². The maximum atomic E-state index is 13.6. The predicted octanol–water partition coefficient (Wildman–Crippen LogP) is 3.07. The smallest absolute Gasteiger partial charge is 0.272 e. The standard InChI is InChI=1S/C29H31N3O6S/c33-20-17-22-15-18-31(19-16-22)27(34)21-30-28(35)23-11-13-26(14-12-23)39(37,38)32(25-9-5-2-6-10-25)29(36)24-7-3-1-4-8-24/h1-14,22,33H,15-21H2,(H,30,35). The number of aliphatic hydroxyl groups excluding tert-OH is 1. The SMILES string of the molecule is O=C(NCC(=O)N1CCC(CCO)CC1)c1ccc(S(=O)(=O)N(C(=O)c2ccccc2)c2ccccc2)cc1. The molecule has 1 fully saturated rings. The summed E-state index contributed by atoms with van der Waals surface area (Å²) < 4.78 is 28.0. The van der Waals surface area contributed by atoms with Crippen LogP contribution in [0.4, 0.5) is 5.69 Å². The molecule has 0 saturated carbocycles. The van der Waals surface area contributed by atoms with Crippen LogP contribution in [0.1, 0.15) is 40.0 Å². The highest BCUT2D eigenvalue weighted by Gasteiger charge is 2.32. The number of hydrogen-bond acceptors (Lipinski definition) is 6. The summed E-state index contributed by atoms with van der Waals surface area (Å²) >= 11 is 0. The molecule has 2 N–H and O–H groups in total. The van der Waals surface area contributed by atoms with E-state index in [-0.39, 0.29) is 40.8 Å². The molecule has 0 aliphatic carbocycles. The van der Waals surface area contributed by atoms with Gasteiger partial charge in [-0.25, -0.2) is 8.42 Å². The van der Waals surface area contributed by atoms with Gasteiger partial charge in [-0.05, 0) is 73.7 Å². The lowest BCUT2D eigenvalue weighted by atomic mass is 9.94. The number of benzene rings is 3. The number of nitrogens with zero attached hydrogens (tertiary/aromatic N) is 2. The first-order valence-electron chi connectivity index (χ1n) is 12.8. The average Bonchev–Trinajstić information content (AvgIpc) is 2.97. The molecule has 0 atom stereocenters. The molecule has 0 spiro atoms. The van der Waals surface area contributed by atoms with Crippen molar-refractivity contribution >= 4 is 33.4 Å². The minimum absolute atomic E-state index is 0.141. The van der Waals surface area contributed by atoms with E-state index in [0.29, 0.717) is 19.0 Å². The summed E-state index contributed by atoms with van der Waals surface area (Å²) in [6.45, 7) is 1.15. The highest BCUT2D eigenvalue weighted by molar-refractivity contribution is 7.93. The molecule has 3 amide bonds. The Hall–Kier alpha value is -4.02. The Bertz CT molecular complexity index is 1390. The first-order valence-corrected chi connectivity index (χ1v) is 14.2. The normalized spacial score (nSPS) is 14.0. The maximum absolute atomic E-state index is 13.6. The van der Waals surface area contributed by atoms with Gasteiger partial charge in [0.25, 0.3) is 21.8 Å². The third-order valence-corrected chi connectivity index (χ3v) is 8.48. The Labute approximate surface area is 228 Å². The van der Waals surface area contributed by atoms with Gasteiger partial charge in [0.2, 0.25) is 5.91 Å². The molecule has 9 nitrogen and oxygen atoms in total. The van der Waals surface area contributed by atoms with Gasteiger partial charge in [0.05, 0.1) is 17.1 Å². The number of carbonyl (C=O) groups excluding carboxylic acids is 3. The van der Waals surface area contributed by atoms with E-state index in [1.54, 1.807) is 53.4 Å². The molecule has 1 heterocycles. The van der Waals surface area contributed by atoms with E-state index >= 15 is 0 Å². The molecule has 1 aliphatic rings. The summed E-state index contributed by atoms with van der Waals surface area (Å²) in [7, 11) is -4.32. The minimum Gasteiger partial charge on any atom is -0.396 e. The quantitative estimate of drug-likeness (QED) is 0.423. The largest absolute Gasteiger partial charge is 0.396 e. The Morgan fingerprint density at radius 1 is 0.846 bits per heavy atom. The first kappa shape index (κ1) is 28.0. The number of hydrogen-bond donors (Lipinski definition) is 2. The molecule has 1 saturated heterocycles. The second-order valence-corrected chi connectivity index (χ2v) is 11.1. The van der Waals surface area contributed by atoms with Crippen molar-refractivity contribution in [1.29, 1.82) is 0 Å².